The molecule has 0 saturated heterocycles. The van der Waals surface area contributed by atoms with Gasteiger partial charge in [0.1, 0.15) is 0 Å². The summed E-state index contributed by atoms with van der Waals surface area (Å²) in [6.45, 7) is 2.17. The lowest BCUT2D eigenvalue weighted by atomic mass is 10.2. The van der Waals surface area contributed by atoms with Gasteiger partial charge >= 0.3 is 5.97 Å². The molecule has 0 aliphatic carbocycles. The van der Waals surface area contributed by atoms with Gasteiger partial charge in [-0.3, -0.25) is 14.5 Å². The molecule has 0 saturated carbocycles. The first-order valence-corrected chi connectivity index (χ1v) is 6.81. The number of nitrogens with zero attached hydrogens (tertiary/aromatic N) is 1. The number of amides is 1. The number of carbonyl (C=O) groups excluding carboxylic acids is 2. The van der Waals surface area contributed by atoms with Crippen molar-refractivity contribution >= 4 is 40.2 Å². The molecule has 0 unspecified atom stereocenters. The number of carbonyl (C=O) groups is 2. The van der Waals surface area contributed by atoms with Crippen molar-refractivity contribution in [3.63, 3.8) is 0 Å². The summed E-state index contributed by atoms with van der Waals surface area (Å²) < 4.78 is 5.66. The Morgan fingerprint density at radius 1 is 1.37 bits per heavy atom. The molecule has 5 nitrogen and oxygen atoms in total. The number of rotatable bonds is 5. The quantitative estimate of drug-likeness (QED) is 0.627. The summed E-state index contributed by atoms with van der Waals surface area (Å²) in [6, 6.07) is 5.80. The summed E-state index contributed by atoms with van der Waals surface area (Å²) in [5.74, 6) is -0.517. The highest BCUT2D eigenvalue weighted by molar-refractivity contribution is 14.1. The van der Waals surface area contributed by atoms with Crippen LogP contribution in [-0.2, 0) is 14.3 Å². The Balaban J connectivity index is 2.53. The van der Waals surface area contributed by atoms with E-state index in [-0.39, 0.29) is 25.0 Å². The minimum absolute atomic E-state index is 0.0928. The largest absolute Gasteiger partial charge is 0.468 e. The summed E-state index contributed by atoms with van der Waals surface area (Å²) in [4.78, 5) is 24.5. The molecule has 0 aliphatic heterocycles. The van der Waals surface area contributed by atoms with E-state index < -0.39 is 0 Å². The van der Waals surface area contributed by atoms with Crippen LogP contribution in [0.3, 0.4) is 0 Å². The standard InChI is InChI=1S/C13H17IN2O3/c1-9-6-10(14)4-5-11(9)15-12(17)7-16(2)8-13(18)19-3/h4-6H,7-8H2,1-3H3,(H,15,17). The van der Waals surface area contributed by atoms with E-state index in [1.165, 1.54) is 7.11 Å². The van der Waals surface area contributed by atoms with E-state index in [2.05, 4.69) is 32.6 Å². The molecule has 0 radical (unpaired) electrons. The molecule has 0 bridgehead atoms. The summed E-state index contributed by atoms with van der Waals surface area (Å²) >= 11 is 2.22. The van der Waals surface area contributed by atoms with Crippen LogP contribution in [0.25, 0.3) is 0 Å². The van der Waals surface area contributed by atoms with Gasteiger partial charge in [0.25, 0.3) is 0 Å². The molecular weight excluding hydrogens is 359 g/mol. The van der Waals surface area contributed by atoms with E-state index in [9.17, 15) is 9.59 Å². The molecule has 1 rings (SSSR count). The van der Waals surface area contributed by atoms with Crippen molar-refractivity contribution in [3.05, 3.63) is 27.3 Å². The molecular formula is C13H17IN2O3. The van der Waals surface area contributed by atoms with Gasteiger partial charge in [0, 0.05) is 9.26 Å². The van der Waals surface area contributed by atoms with Crippen molar-refractivity contribution in [3.8, 4) is 0 Å². The van der Waals surface area contributed by atoms with Crippen molar-refractivity contribution in [1.82, 2.24) is 4.90 Å². The second kappa shape index (κ2) is 7.44. The first-order chi connectivity index (χ1) is 8.92. The van der Waals surface area contributed by atoms with Crippen molar-refractivity contribution in [2.45, 2.75) is 6.92 Å². The number of methoxy groups -OCH3 is 1. The monoisotopic (exact) mass is 376 g/mol. The minimum Gasteiger partial charge on any atom is -0.468 e. The minimum atomic E-state index is -0.360. The highest BCUT2D eigenvalue weighted by atomic mass is 127. The zero-order chi connectivity index (χ0) is 14.4. The fourth-order valence-electron chi connectivity index (χ4n) is 1.54. The summed E-state index contributed by atoms with van der Waals surface area (Å²) in [7, 11) is 3.02. The Hall–Kier alpha value is -1.15. The molecule has 6 heteroatoms. The number of aryl methyl sites for hydroxylation is 1. The number of hydrogen-bond donors (Lipinski definition) is 1. The Bertz CT molecular complexity index is 477. The number of nitrogens with one attached hydrogen (secondary N) is 1. The van der Waals surface area contributed by atoms with Crippen molar-refractivity contribution in [2.24, 2.45) is 0 Å². The maximum Gasteiger partial charge on any atom is 0.319 e. The van der Waals surface area contributed by atoms with Crippen LogP contribution < -0.4 is 5.32 Å². The fourth-order valence-corrected chi connectivity index (χ4v) is 2.19. The number of ether oxygens (including phenoxy) is 1. The molecule has 0 fully saturated rings. The molecule has 1 amide bonds. The lowest BCUT2D eigenvalue weighted by molar-refractivity contribution is -0.141. The van der Waals surface area contributed by atoms with Crippen molar-refractivity contribution in [1.29, 1.82) is 0 Å². The Kier molecular flexibility index (Phi) is 6.23. The molecule has 0 atom stereocenters. The van der Waals surface area contributed by atoms with Crippen LogP contribution >= 0.6 is 22.6 Å². The molecule has 19 heavy (non-hydrogen) atoms. The third kappa shape index (κ3) is 5.56. The second-order valence-corrected chi connectivity index (χ2v) is 5.50. The first kappa shape index (κ1) is 15.9. The molecule has 0 spiro atoms. The number of likely N-dealkylation sites (N-methyl/N-ethyl adjacent to an activating group) is 1. The summed E-state index contributed by atoms with van der Waals surface area (Å²) in [5, 5.41) is 2.82. The van der Waals surface area contributed by atoms with Gasteiger partial charge in [-0.1, -0.05) is 0 Å². The summed E-state index contributed by atoms with van der Waals surface area (Å²) in [6.07, 6.45) is 0. The zero-order valence-electron chi connectivity index (χ0n) is 11.2. The van der Waals surface area contributed by atoms with Crippen LogP contribution in [0.5, 0.6) is 0 Å². The van der Waals surface area contributed by atoms with Gasteiger partial charge in [-0.05, 0) is 60.3 Å². The third-order valence-corrected chi connectivity index (χ3v) is 3.17. The fraction of sp³-hybridized carbons (Fsp3) is 0.385. The zero-order valence-corrected chi connectivity index (χ0v) is 13.4. The van der Waals surface area contributed by atoms with Crippen LogP contribution in [-0.4, -0.2) is 44.0 Å². The highest BCUT2D eigenvalue weighted by Crippen LogP contribution is 2.17. The van der Waals surface area contributed by atoms with E-state index in [0.717, 1.165) is 14.8 Å². The van der Waals surface area contributed by atoms with E-state index >= 15 is 0 Å². The SMILES string of the molecule is COC(=O)CN(C)CC(=O)Nc1ccc(I)cc1C. The molecule has 1 aromatic rings. The Morgan fingerprint density at radius 3 is 2.63 bits per heavy atom. The van der Waals surface area contributed by atoms with Gasteiger partial charge in [0.2, 0.25) is 5.91 Å². The predicted octanol–water partition coefficient (Wildman–Crippen LogP) is 1.64. The topological polar surface area (TPSA) is 58.6 Å². The predicted molar refractivity (Wildman–Crippen MR) is 82.0 cm³/mol. The smallest absolute Gasteiger partial charge is 0.319 e. The maximum absolute atomic E-state index is 11.8. The molecule has 0 aromatic heterocycles. The Morgan fingerprint density at radius 2 is 2.05 bits per heavy atom. The number of hydrogen-bond acceptors (Lipinski definition) is 4. The first-order valence-electron chi connectivity index (χ1n) is 5.73. The van der Waals surface area contributed by atoms with Crippen molar-refractivity contribution in [2.75, 3.05) is 32.6 Å². The second-order valence-electron chi connectivity index (χ2n) is 4.26. The lowest BCUT2D eigenvalue weighted by Gasteiger charge is -2.15. The lowest BCUT2D eigenvalue weighted by Crippen LogP contribution is -2.34. The number of benzene rings is 1. The number of halogens is 1. The van der Waals surface area contributed by atoms with E-state index in [0.29, 0.717) is 0 Å². The van der Waals surface area contributed by atoms with Crippen molar-refractivity contribution < 1.29 is 14.3 Å². The molecule has 104 valence electrons. The van der Waals surface area contributed by atoms with Gasteiger partial charge in [-0.25, -0.2) is 0 Å². The van der Waals surface area contributed by atoms with Crippen LogP contribution in [0.2, 0.25) is 0 Å². The molecule has 1 aromatic carbocycles. The van der Waals surface area contributed by atoms with Crippen LogP contribution in [0, 0.1) is 10.5 Å². The molecule has 0 heterocycles. The van der Waals surface area contributed by atoms with Gasteiger partial charge in [-0.2, -0.15) is 0 Å². The van der Waals surface area contributed by atoms with Gasteiger partial charge in [0.15, 0.2) is 0 Å². The van der Waals surface area contributed by atoms with Gasteiger partial charge < -0.3 is 10.1 Å². The third-order valence-electron chi connectivity index (χ3n) is 2.50. The number of esters is 1. The van der Waals surface area contributed by atoms with E-state index in [1.54, 1.807) is 11.9 Å². The van der Waals surface area contributed by atoms with Crippen LogP contribution in [0.1, 0.15) is 5.56 Å². The normalized spacial score (nSPS) is 10.4. The average Bonchev–Trinajstić information content (AvgIpc) is 2.32. The average molecular weight is 376 g/mol. The molecule has 1 N–H and O–H groups in total. The maximum atomic E-state index is 11.8. The van der Waals surface area contributed by atoms with Crippen LogP contribution in [0.15, 0.2) is 18.2 Å². The molecule has 0 aliphatic rings. The Labute approximate surface area is 126 Å². The van der Waals surface area contributed by atoms with E-state index in [4.69, 9.17) is 0 Å². The van der Waals surface area contributed by atoms with Gasteiger partial charge in [-0.15, -0.1) is 0 Å². The van der Waals surface area contributed by atoms with Gasteiger partial charge in [0.05, 0.1) is 20.2 Å². The summed E-state index contributed by atoms with van der Waals surface area (Å²) in [5.41, 5.74) is 1.80. The van der Waals surface area contributed by atoms with E-state index in [1.807, 2.05) is 25.1 Å². The number of anilines is 1. The highest BCUT2D eigenvalue weighted by Gasteiger charge is 2.11. The van der Waals surface area contributed by atoms with Crippen LogP contribution in [0.4, 0.5) is 5.69 Å².